The molecule has 0 saturated carbocycles. The van der Waals surface area contributed by atoms with E-state index in [-0.39, 0.29) is 12.2 Å². The van der Waals surface area contributed by atoms with Crippen LogP contribution in [0.3, 0.4) is 0 Å². The zero-order chi connectivity index (χ0) is 30.5. The maximum atomic E-state index is 11.1. The van der Waals surface area contributed by atoms with Gasteiger partial charge < -0.3 is 19.7 Å². The van der Waals surface area contributed by atoms with Crippen LogP contribution in [0.5, 0.6) is 0 Å². The molecule has 0 spiro atoms. The van der Waals surface area contributed by atoms with Gasteiger partial charge in [0.1, 0.15) is 6.10 Å². The minimum Gasteiger partial charge on any atom is -0.393 e. The van der Waals surface area contributed by atoms with E-state index in [2.05, 4.69) is 121 Å². The quantitative estimate of drug-likeness (QED) is 0.198. The first kappa shape index (κ1) is 33.0. The van der Waals surface area contributed by atoms with Crippen LogP contribution in [0.2, 0.25) is 0 Å². The van der Waals surface area contributed by atoms with Crippen molar-refractivity contribution < 1.29 is 19.7 Å². The highest BCUT2D eigenvalue weighted by Crippen LogP contribution is 2.38. The number of ether oxygens (including phenoxy) is 2. The van der Waals surface area contributed by atoms with E-state index in [4.69, 9.17) is 9.47 Å². The molecule has 3 atom stereocenters. The normalized spacial score (nSPS) is 21.0. The fourth-order valence-electron chi connectivity index (χ4n) is 5.93. The molecule has 2 aliphatic rings. The predicted molar refractivity (Wildman–Crippen MR) is 187 cm³/mol. The number of aliphatic hydroxyl groups is 2. The lowest BCUT2D eigenvalue weighted by Gasteiger charge is -2.40. The van der Waals surface area contributed by atoms with E-state index < -0.39 is 21.6 Å². The molecule has 6 rings (SSSR count). The Balaban J connectivity index is 0.000000245. The molecule has 0 radical (unpaired) electrons. The van der Waals surface area contributed by atoms with Gasteiger partial charge >= 0.3 is 0 Å². The third kappa shape index (κ3) is 9.54. The average Bonchev–Trinajstić information content (AvgIpc) is 3.10. The summed E-state index contributed by atoms with van der Waals surface area (Å²) in [7, 11) is -1.04. The van der Waals surface area contributed by atoms with Gasteiger partial charge in [-0.3, -0.25) is 0 Å². The molecule has 4 aromatic carbocycles. The third-order valence-corrected chi connectivity index (χ3v) is 13.5. The minimum absolute atomic E-state index is 0.0819. The van der Waals surface area contributed by atoms with Gasteiger partial charge in [0.2, 0.25) is 0 Å². The van der Waals surface area contributed by atoms with E-state index >= 15 is 0 Å². The zero-order valence-electron chi connectivity index (χ0n) is 25.6. The van der Waals surface area contributed by atoms with E-state index in [1.54, 1.807) is 0 Å². The van der Waals surface area contributed by atoms with Gasteiger partial charge in [-0.1, -0.05) is 121 Å². The highest BCUT2D eigenvalue weighted by atomic mass is 31.1. The topological polar surface area (TPSA) is 58.9 Å². The molecule has 2 saturated heterocycles. The summed E-state index contributed by atoms with van der Waals surface area (Å²) in [6.07, 6.45) is 8.27. The zero-order valence-corrected chi connectivity index (χ0v) is 27.4. The fourth-order valence-corrected chi connectivity index (χ4v) is 10.8. The summed E-state index contributed by atoms with van der Waals surface area (Å²) in [5.74, 6) is -0.974. The number of hydrogen-bond donors (Lipinski definition) is 2. The molecule has 0 aromatic heterocycles. The van der Waals surface area contributed by atoms with Crippen molar-refractivity contribution in [3.05, 3.63) is 121 Å². The predicted octanol–water partition coefficient (Wildman–Crippen LogP) is 6.45. The van der Waals surface area contributed by atoms with Crippen LogP contribution in [0.15, 0.2) is 121 Å². The van der Waals surface area contributed by atoms with Crippen LogP contribution in [0.4, 0.5) is 0 Å². The molecule has 2 N–H and O–H groups in total. The molecule has 232 valence electrons. The highest BCUT2D eigenvalue weighted by Gasteiger charge is 2.40. The van der Waals surface area contributed by atoms with Crippen LogP contribution in [0.1, 0.15) is 44.9 Å². The van der Waals surface area contributed by atoms with Crippen molar-refractivity contribution in [1.82, 2.24) is 0 Å². The molecular weight excluding hydrogens is 582 g/mol. The molecule has 6 heteroatoms. The Bertz CT molecular complexity index is 1250. The molecule has 44 heavy (non-hydrogen) atoms. The summed E-state index contributed by atoms with van der Waals surface area (Å²) in [5.41, 5.74) is 0. The molecular formula is C38H46O4P2. The van der Waals surface area contributed by atoms with Crippen LogP contribution >= 0.6 is 15.8 Å². The molecule has 4 nitrogen and oxygen atoms in total. The second kappa shape index (κ2) is 17.3. The maximum Gasteiger partial charge on any atom is 0.192 e. The Kier molecular flexibility index (Phi) is 13.0. The average molecular weight is 629 g/mol. The molecule has 2 fully saturated rings. The molecule has 0 amide bonds. The van der Waals surface area contributed by atoms with E-state index in [0.29, 0.717) is 6.61 Å². The van der Waals surface area contributed by atoms with Gasteiger partial charge in [0.05, 0.1) is 12.7 Å². The molecule has 4 aromatic rings. The Morgan fingerprint density at radius 3 is 1.55 bits per heavy atom. The van der Waals surface area contributed by atoms with Gasteiger partial charge in [0.15, 0.2) is 5.79 Å². The lowest BCUT2D eigenvalue weighted by atomic mass is 9.95. The van der Waals surface area contributed by atoms with Crippen LogP contribution in [0.25, 0.3) is 0 Å². The molecule has 2 aliphatic heterocycles. The Labute approximate surface area is 266 Å². The van der Waals surface area contributed by atoms with Crippen molar-refractivity contribution in [3.63, 3.8) is 0 Å². The summed E-state index contributed by atoms with van der Waals surface area (Å²) in [4.78, 5) is 0. The van der Waals surface area contributed by atoms with E-state index in [0.717, 1.165) is 63.9 Å². The van der Waals surface area contributed by atoms with Gasteiger partial charge in [0, 0.05) is 19.2 Å². The van der Waals surface area contributed by atoms with Crippen molar-refractivity contribution in [2.75, 3.05) is 25.5 Å². The van der Waals surface area contributed by atoms with E-state index in [1.165, 1.54) is 21.2 Å². The van der Waals surface area contributed by atoms with Crippen molar-refractivity contribution in [2.45, 2.75) is 62.9 Å². The minimum atomic E-state index is -0.974. The largest absolute Gasteiger partial charge is 0.393 e. The van der Waals surface area contributed by atoms with Gasteiger partial charge in [-0.2, -0.15) is 0 Å². The summed E-state index contributed by atoms with van der Waals surface area (Å²) in [6.45, 7) is 1.45. The first-order chi connectivity index (χ1) is 21.6. The van der Waals surface area contributed by atoms with Crippen molar-refractivity contribution >= 4 is 37.1 Å². The number of benzene rings is 4. The second-order valence-electron chi connectivity index (χ2n) is 11.6. The third-order valence-electron chi connectivity index (χ3n) is 8.31. The monoisotopic (exact) mass is 628 g/mol. The van der Waals surface area contributed by atoms with Gasteiger partial charge in [-0.05, 0) is 81.7 Å². The molecule has 0 bridgehead atoms. The SMILES string of the molecule is OC(CCP(c1ccccc1)c1ccccc1)CP(c1ccccc1)c1ccccc1.O[C@@]1(C2CCCCO2)CCCCO1. The summed E-state index contributed by atoms with van der Waals surface area (Å²) in [6, 6.07) is 42.9. The lowest BCUT2D eigenvalue weighted by molar-refractivity contribution is -0.289. The standard InChI is InChI=1S/C28H28OP2.C10H18O3/c29-24(23-31(27-17-9-3-10-18-27)28-19-11-4-12-20-28)21-22-30(25-13-5-1-6-14-25)26-15-7-2-8-16-26;11-10(6-2-4-8-13-10)9-5-1-3-7-12-9/h1-20,24,29H,21-23H2;9,11H,1-8H2/t;9?,10-/m.0/s1. The van der Waals surface area contributed by atoms with Crippen LogP contribution in [0, 0.1) is 0 Å². The van der Waals surface area contributed by atoms with Crippen molar-refractivity contribution in [1.29, 1.82) is 0 Å². The van der Waals surface area contributed by atoms with Crippen LogP contribution in [-0.2, 0) is 9.47 Å². The Morgan fingerprint density at radius 2 is 1.11 bits per heavy atom. The Morgan fingerprint density at radius 1 is 0.636 bits per heavy atom. The van der Waals surface area contributed by atoms with Crippen molar-refractivity contribution in [2.24, 2.45) is 0 Å². The maximum absolute atomic E-state index is 11.1. The van der Waals surface area contributed by atoms with Crippen LogP contribution in [-0.4, -0.2) is 53.7 Å². The Hall–Kier alpha value is -2.42. The second-order valence-corrected chi connectivity index (χ2v) is 16.1. The highest BCUT2D eigenvalue weighted by molar-refractivity contribution is 7.73. The fraction of sp³-hybridized carbons (Fsp3) is 0.368. The summed E-state index contributed by atoms with van der Waals surface area (Å²) < 4.78 is 11.0. The number of hydrogen-bond acceptors (Lipinski definition) is 4. The smallest absolute Gasteiger partial charge is 0.192 e. The number of rotatable bonds is 10. The van der Waals surface area contributed by atoms with Gasteiger partial charge in [-0.25, -0.2) is 0 Å². The summed E-state index contributed by atoms with van der Waals surface area (Å²) in [5, 5.41) is 26.7. The molecule has 2 heterocycles. The van der Waals surface area contributed by atoms with Gasteiger partial charge in [0.25, 0.3) is 0 Å². The molecule has 2 unspecified atom stereocenters. The summed E-state index contributed by atoms with van der Waals surface area (Å²) >= 11 is 0. The van der Waals surface area contributed by atoms with Crippen molar-refractivity contribution in [3.8, 4) is 0 Å². The van der Waals surface area contributed by atoms with Crippen LogP contribution < -0.4 is 21.2 Å². The number of aliphatic hydroxyl groups excluding tert-OH is 1. The van der Waals surface area contributed by atoms with E-state index in [9.17, 15) is 10.2 Å². The van der Waals surface area contributed by atoms with E-state index in [1.807, 2.05) is 0 Å². The van der Waals surface area contributed by atoms with Gasteiger partial charge in [-0.15, -0.1) is 0 Å². The first-order valence-electron chi connectivity index (χ1n) is 16.0. The first-order valence-corrected chi connectivity index (χ1v) is 19.1. The molecule has 0 aliphatic carbocycles. The lowest BCUT2D eigenvalue weighted by Crippen LogP contribution is -2.49.